The maximum absolute atomic E-state index is 4.64. The lowest BCUT2D eigenvalue weighted by Crippen LogP contribution is -2.33. The zero-order valence-corrected chi connectivity index (χ0v) is 13.9. The first-order valence-corrected chi connectivity index (χ1v) is 8.04. The highest BCUT2D eigenvalue weighted by atomic mass is 15.3. The normalized spacial score (nSPS) is 19.2. The molecule has 0 aliphatic heterocycles. The third kappa shape index (κ3) is 3.85. The molecule has 0 spiro atoms. The maximum atomic E-state index is 4.64. The summed E-state index contributed by atoms with van der Waals surface area (Å²) in [6, 6.07) is 0. The fourth-order valence-electron chi connectivity index (χ4n) is 3.38. The van der Waals surface area contributed by atoms with Gasteiger partial charge in [-0.15, -0.1) is 0 Å². The van der Waals surface area contributed by atoms with Crippen molar-refractivity contribution in [3.05, 3.63) is 17.5 Å². The van der Waals surface area contributed by atoms with Crippen LogP contribution in [0.25, 0.3) is 0 Å². The van der Waals surface area contributed by atoms with Crippen molar-refractivity contribution in [2.45, 2.75) is 71.8 Å². The summed E-state index contributed by atoms with van der Waals surface area (Å²) in [7, 11) is 2.02. The van der Waals surface area contributed by atoms with Crippen LogP contribution in [0, 0.1) is 5.41 Å². The van der Waals surface area contributed by atoms with Gasteiger partial charge in [0.05, 0.1) is 5.69 Å². The molecular formula is C17H31N3. The van der Waals surface area contributed by atoms with E-state index in [4.69, 9.17) is 0 Å². The Hall–Kier alpha value is -0.830. The molecule has 1 saturated carbocycles. The number of hydrogen-bond donors (Lipinski definition) is 1. The molecule has 1 heterocycles. The molecule has 3 heteroatoms. The number of nitrogens with one attached hydrogen (secondary N) is 1. The number of hydrogen-bond acceptors (Lipinski definition) is 2. The van der Waals surface area contributed by atoms with Gasteiger partial charge in [0.15, 0.2) is 0 Å². The monoisotopic (exact) mass is 277 g/mol. The van der Waals surface area contributed by atoms with Crippen molar-refractivity contribution >= 4 is 0 Å². The van der Waals surface area contributed by atoms with Gasteiger partial charge in [-0.3, -0.25) is 4.68 Å². The second kappa shape index (κ2) is 5.88. The molecule has 0 amide bonds. The highest BCUT2D eigenvalue weighted by Gasteiger charge is 2.27. The first-order chi connectivity index (χ1) is 9.30. The average Bonchev–Trinajstić information content (AvgIpc) is 2.71. The molecule has 1 aliphatic rings. The standard InChI is InChI=1S/C17H31N3/c1-16(2,3)15-14(12-20(5)19-15)11-18-13-17(4)9-7-6-8-10-17/h12,18H,6-11,13H2,1-5H3. The summed E-state index contributed by atoms with van der Waals surface area (Å²) < 4.78 is 1.94. The molecule has 0 aromatic carbocycles. The summed E-state index contributed by atoms with van der Waals surface area (Å²) in [5.41, 5.74) is 3.19. The summed E-state index contributed by atoms with van der Waals surface area (Å²) in [6.07, 6.45) is 9.14. The van der Waals surface area contributed by atoms with E-state index in [9.17, 15) is 0 Å². The van der Waals surface area contributed by atoms with Gasteiger partial charge >= 0.3 is 0 Å². The number of aromatic nitrogens is 2. The average molecular weight is 277 g/mol. The number of nitrogens with zero attached hydrogens (tertiary/aromatic N) is 2. The second-order valence-electron chi connectivity index (χ2n) is 7.90. The van der Waals surface area contributed by atoms with Gasteiger partial charge in [0.2, 0.25) is 0 Å². The van der Waals surface area contributed by atoms with Crippen LogP contribution < -0.4 is 5.32 Å². The molecule has 0 bridgehead atoms. The zero-order valence-electron chi connectivity index (χ0n) is 13.9. The van der Waals surface area contributed by atoms with Gasteiger partial charge in [0.1, 0.15) is 0 Å². The van der Waals surface area contributed by atoms with E-state index in [1.165, 1.54) is 43.4 Å². The molecule has 114 valence electrons. The van der Waals surface area contributed by atoms with Crippen LogP contribution in [0.15, 0.2) is 6.20 Å². The minimum atomic E-state index is 0.118. The molecule has 0 radical (unpaired) electrons. The Labute approximate surface area is 124 Å². The Bertz CT molecular complexity index is 434. The Morgan fingerprint density at radius 3 is 2.50 bits per heavy atom. The third-order valence-corrected chi connectivity index (χ3v) is 4.54. The van der Waals surface area contributed by atoms with Gasteiger partial charge in [0.25, 0.3) is 0 Å². The summed E-state index contributed by atoms with van der Waals surface area (Å²) in [6.45, 7) is 11.2. The Kier molecular flexibility index (Phi) is 4.58. The number of aryl methyl sites for hydroxylation is 1. The molecule has 1 aromatic rings. The summed E-state index contributed by atoms with van der Waals surface area (Å²) in [5.74, 6) is 0. The molecule has 0 unspecified atom stereocenters. The molecule has 0 saturated heterocycles. The lowest BCUT2D eigenvalue weighted by Gasteiger charge is -2.33. The molecule has 1 aromatic heterocycles. The predicted molar refractivity (Wildman–Crippen MR) is 84.8 cm³/mol. The Balaban J connectivity index is 1.94. The van der Waals surface area contributed by atoms with Crippen LogP contribution >= 0.6 is 0 Å². The fraction of sp³-hybridized carbons (Fsp3) is 0.824. The minimum absolute atomic E-state index is 0.118. The molecule has 0 atom stereocenters. The van der Waals surface area contributed by atoms with E-state index in [-0.39, 0.29) is 5.41 Å². The Morgan fingerprint density at radius 1 is 1.25 bits per heavy atom. The van der Waals surface area contributed by atoms with E-state index in [2.05, 4.69) is 44.3 Å². The van der Waals surface area contributed by atoms with Crippen molar-refractivity contribution in [2.24, 2.45) is 12.5 Å². The summed E-state index contributed by atoms with van der Waals surface area (Å²) in [4.78, 5) is 0. The molecular weight excluding hydrogens is 246 g/mol. The van der Waals surface area contributed by atoms with Crippen LogP contribution in [0.2, 0.25) is 0 Å². The number of rotatable bonds is 4. The lowest BCUT2D eigenvalue weighted by molar-refractivity contribution is 0.207. The van der Waals surface area contributed by atoms with E-state index < -0.39 is 0 Å². The van der Waals surface area contributed by atoms with Crippen LogP contribution in [0.4, 0.5) is 0 Å². The molecule has 1 fully saturated rings. The van der Waals surface area contributed by atoms with Crippen LogP contribution in [0.3, 0.4) is 0 Å². The van der Waals surface area contributed by atoms with Gasteiger partial charge in [-0.25, -0.2) is 0 Å². The molecule has 3 nitrogen and oxygen atoms in total. The minimum Gasteiger partial charge on any atom is -0.312 e. The van der Waals surface area contributed by atoms with E-state index in [0.29, 0.717) is 5.41 Å². The third-order valence-electron chi connectivity index (χ3n) is 4.54. The van der Waals surface area contributed by atoms with Crippen LogP contribution in [0.1, 0.15) is 71.1 Å². The van der Waals surface area contributed by atoms with Gasteiger partial charge < -0.3 is 5.32 Å². The van der Waals surface area contributed by atoms with Crippen LogP contribution in [0.5, 0.6) is 0 Å². The van der Waals surface area contributed by atoms with E-state index >= 15 is 0 Å². The first kappa shape index (κ1) is 15.6. The van der Waals surface area contributed by atoms with Crippen molar-refractivity contribution in [1.82, 2.24) is 15.1 Å². The van der Waals surface area contributed by atoms with E-state index in [1.54, 1.807) is 0 Å². The summed E-state index contributed by atoms with van der Waals surface area (Å²) in [5, 5.41) is 8.33. The van der Waals surface area contributed by atoms with Crippen LogP contribution in [-0.4, -0.2) is 16.3 Å². The van der Waals surface area contributed by atoms with Crippen LogP contribution in [-0.2, 0) is 19.0 Å². The quantitative estimate of drug-likeness (QED) is 0.907. The van der Waals surface area contributed by atoms with Crippen molar-refractivity contribution in [3.8, 4) is 0 Å². The SMILES string of the molecule is Cn1cc(CNCC2(C)CCCCC2)c(C(C)(C)C)n1. The largest absolute Gasteiger partial charge is 0.312 e. The van der Waals surface area contributed by atoms with Gasteiger partial charge in [-0.05, 0) is 18.3 Å². The second-order valence-corrected chi connectivity index (χ2v) is 7.90. The topological polar surface area (TPSA) is 29.9 Å². The molecule has 20 heavy (non-hydrogen) atoms. The van der Waals surface area contributed by atoms with Crippen molar-refractivity contribution < 1.29 is 0 Å². The Morgan fingerprint density at radius 2 is 1.90 bits per heavy atom. The van der Waals surface area contributed by atoms with Gasteiger partial charge in [-0.1, -0.05) is 47.0 Å². The maximum Gasteiger partial charge on any atom is 0.0722 e. The zero-order chi connectivity index (χ0) is 14.8. The first-order valence-electron chi connectivity index (χ1n) is 8.04. The highest BCUT2D eigenvalue weighted by Crippen LogP contribution is 2.35. The van der Waals surface area contributed by atoms with E-state index in [0.717, 1.165) is 13.1 Å². The van der Waals surface area contributed by atoms with Crippen molar-refractivity contribution in [2.75, 3.05) is 6.54 Å². The van der Waals surface area contributed by atoms with Gasteiger partial charge in [-0.2, -0.15) is 5.10 Å². The molecule has 1 aliphatic carbocycles. The van der Waals surface area contributed by atoms with Crippen molar-refractivity contribution in [3.63, 3.8) is 0 Å². The van der Waals surface area contributed by atoms with Crippen molar-refractivity contribution in [1.29, 1.82) is 0 Å². The van der Waals surface area contributed by atoms with E-state index in [1.807, 2.05) is 11.7 Å². The van der Waals surface area contributed by atoms with Gasteiger partial charge in [0, 0.05) is 37.3 Å². The summed E-state index contributed by atoms with van der Waals surface area (Å²) >= 11 is 0. The smallest absolute Gasteiger partial charge is 0.0722 e. The molecule has 2 rings (SSSR count). The molecule has 1 N–H and O–H groups in total. The fourth-order valence-corrected chi connectivity index (χ4v) is 3.38. The lowest BCUT2D eigenvalue weighted by atomic mass is 9.76. The predicted octanol–water partition coefficient (Wildman–Crippen LogP) is 3.78. The highest BCUT2D eigenvalue weighted by molar-refractivity contribution is 5.23.